The zero-order valence-electron chi connectivity index (χ0n) is 6.89. The lowest BCUT2D eigenvalue weighted by Gasteiger charge is -2.32. The highest BCUT2D eigenvalue weighted by Gasteiger charge is 2.25. The first-order valence-electron chi connectivity index (χ1n) is 4.10. The summed E-state index contributed by atoms with van der Waals surface area (Å²) >= 11 is 2.09. The van der Waals surface area contributed by atoms with E-state index >= 15 is 0 Å². The lowest BCUT2D eigenvalue weighted by atomic mass is 9.92. The number of thioether (sulfide) groups is 1. The van der Waals surface area contributed by atoms with Crippen LogP contribution in [0.15, 0.2) is 0 Å². The predicted octanol–water partition coefficient (Wildman–Crippen LogP) is 1.59. The van der Waals surface area contributed by atoms with Gasteiger partial charge in [-0.05, 0) is 36.9 Å². The smallest absolute Gasteiger partial charge is 0.00204 e. The van der Waals surface area contributed by atoms with E-state index < -0.39 is 0 Å². The van der Waals surface area contributed by atoms with E-state index in [2.05, 4.69) is 31.1 Å². The summed E-state index contributed by atoms with van der Waals surface area (Å²) in [6.45, 7) is 3.51. The highest BCUT2D eigenvalue weighted by atomic mass is 32.2. The Kier molecular flexibility index (Phi) is 3.57. The molecule has 1 fully saturated rings. The number of hydrogen-bond acceptors (Lipinski definition) is 2. The van der Waals surface area contributed by atoms with Crippen molar-refractivity contribution in [2.75, 3.05) is 25.1 Å². The molecule has 0 aliphatic carbocycles. The van der Waals surface area contributed by atoms with Crippen LogP contribution in [0.25, 0.3) is 0 Å². The summed E-state index contributed by atoms with van der Waals surface area (Å²) < 4.78 is 0. The minimum Gasteiger partial charge on any atom is -0.319 e. The molecule has 0 spiro atoms. The van der Waals surface area contributed by atoms with Crippen molar-refractivity contribution in [2.45, 2.75) is 13.3 Å². The second kappa shape index (κ2) is 4.24. The van der Waals surface area contributed by atoms with Gasteiger partial charge in [0.05, 0.1) is 0 Å². The molecule has 1 rings (SSSR count). The Morgan fingerprint density at radius 3 is 2.60 bits per heavy atom. The van der Waals surface area contributed by atoms with Crippen LogP contribution in [0.2, 0.25) is 0 Å². The van der Waals surface area contributed by atoms with Gasteiger partial charge in [0.2, 0.25) is 0 Å². The molecule has 1 heterocycles. The molecule has 0 amide bonds. The van der Waals surface area contributed by atoms with Crippen molar-refractivity contribution < 1.29 is 0 Å². The SMILES string of the molecule is CCC(CNC)C1CSC1. The summed E-state index contributed by atoms with van der Waals surface area (Å²) in [7, 11) is 2.05. The van der Waals surface area contributed by atoms with Gasteiger partial charge in [0, 0.05) is 0 Å². The van der Waals surface area contributed by atoms with Crippen LogP contribution >= 0.6 is 11.8 Å². The molecule has 1 atom stereocenters. The quantitative estimate of drug-likeness (QED) is 0.668. The predicted molar refractivity (Wildman–Crippen MR) is 48.5 cm³/mol. The standard InChI is InChI=1S/C8H17NS/c1-3-7(4-9-2)8-5-10-6-8/h7-9H,3-6H2,1-2H3. The van der Waals surface area contributed by atoms with E-state index in [1.165, 1.54) is 24.5 Å². The van der Waals surface area contributed by atoms with Gasteiger partial charge in [-0.1, -0.05) is 13.3 Å². The number of hydrogen-bond donors (Lipinski definition) is 1. The zero-order chi connectivity index (χ0) is 7.40. The molecule has 1 saturated heterocycles. The molecular weight excluding hydrogens is 142 g/mol. The largest absolute Gasteiger partial charge is 0.319 e. The minimum atomic E-state index is 0.936. The molecule has 1 aliphatic heterocycles. The summed E-state index contributed by atoms with van der Waals surface area (Å²) in [5.74, 6) is 4.76. The molecule has 0 radical (unpaired) electrons. The molecule has 0 aromatic carbocycles. The van der Waals surface area contributed by atoms with Crippen molar-refractivity contribution in [3.63, 3.8) is 0 Å². The molecular formula is C8H17NS. The van der Waals surface area contributed by atoms with Gasteiger partial charge in [0.25, 0.3) is 0 Å². The van der Waals surface area contributed by atoms with Gasteiger partial charge < -0.3 is 5.32 Å². The molecule has 10 heavy (non-hydrogen) atoms. The third-order valence-electron chi connectivity index (χ3n) is 2.32. The Bertz CT molecular complexity index is 91.3. The van der Waals surface area contributed by atoms with Gasteiger partial charge in [-0.3, -0.25) is 0 Å². The van der Waals surface area contributed by atoms with Gasteiger partial charge >= 0.3 is 0 Å². The van der Waals surface area contributed by atoms with Gasteiger partial charge in [-0.15, -0.1) is 0 Å². The Balaban J connectivity index is 2.17. The topological polar surface area (TPSA) is 12.0 Å². The third-order valence-corrected chi connectivity index (χ3v) is 3.65. The van der Waals surface area contributed by atoms with Crippen LogP contribution in [-0.4, -0.2) is 25.1 Å². The fraction of sp³-hybridized carbons (Fsp3) is 1.00. The molecule has 2 heteroatoms. The fourth-order valence-electron chi connectivity index (χ4n) is 1.43. The second-order valence-corrected chi connectivity index (χ2v) is 4.10. The molecule has 0 aromatic heterocycles. The van der Waals surface area contributed by atoms with Gasteiger partial charge in [-0.25, -0.2) is 0 Å². The van der Waals surface area contributed by atoms with Crippen molar-refractivity contribution >= 4 is 11.8 Å². The summed E-state index contributed by atoms with van der Waals surface area (Å²) in [5, 5.41) is 3.26. The Morgan fingerprint density at radius 1 is 1.60 bits per heavy atom. The van der Waals surface area contributed by atoms with Crippen molar-refractivity contribution in [1.29, 1.82) is 0 Å². The first-order chi connectivity index (χ1) is 4.88. The maximum absolute atomic E-state index is 3.26. The summed E-state index contributed by atoms with van der Waals surface area (Å²) in [6, 6.07) is 0. The van der Waals surface area contributed by atoms with Crippen LogP contribution < -0.4 is 5.32 Å². The lowest BCUT2D eigenvalue weighted by molar-refractivity contribution is 0.359. The highest BCUT2D eigenvalue weighted by molar-refractivity contribution is 8.00. The van der Waals surface area contributed by atoms with Crippen LogP contribution in [0.1, 0.15) is 13.3 Å². The minimum absolute atomic E-state index is 0.936. The van der Waals surface area contributed by atoms with Crippen molar-refractivity contribution in [2.24, 2.45) is 11.8 Å². The molecule has 1 aliphatic rings. The average Bonchev–Trinajstić information content (AvgIpc) is 1.83. The molecule has 1 unspecified atom stereocenters. The van der Waals surface area contributed by atoms with Crippen LogP contribution in [-0.2, 0) is 0 Å². The van der Waals surface area contributed by atoms with Crippen LogP contribution in [0.5, 0.6) is 0 Å². The van der Waals surface area contributed by atoms with E-state index in [0.717, 1.165) is 11.8 Å². The van der Waals surface area contributed by atoms with E-state index in [4.69, 9.17) is 0 Å². The maximum Gasteiger partial charge on any atom is -0.00204 e. The molecule has 1 N–H and O–H groups in total. The number of nitrogens with one attached hydrogen (secondary N) is 1. The maximum atomic E-state index is 3.26. The third kappa shape index (κ3) is 1.89. The molecule has 1 nitrogen and oxygen atoms in total. The second-order valence-electron chi connectivity index (χ2n) is 3.02. The summed E-state index contributed by atoms with van der Waals surface area (Å²) in [4.78, 5) is 0. The van der Waals surface area contributed by atoms with Gasteiger partial charge in [-0.2, -0.15) is 11.8 Å². The summed E-state index contributed by atoms with van der Waals surface area (Å²) in [6.07, 6.45) is 1.34. The van der Waals surface area contributed by atoms with E-state index in [0.29, 0.717) is 0 Å². The van der Waals surface area contributed by atoms with Crippen LogP contribution in [0, 0.1) is 11.8 Å². The normalized spacial score (nSPS) is 22.2. The average molecular weight is 159 g/mol. The highest BCUT2D eigenvalue weighted by Crippen LogP contribution is 2.32. The van der Waals surface area contributed by atoms with E-state index in [1.54, 1.807) is 0 Å². The van der Waals surface area contributed by atoms with E-state index in [-0.39, 0.29) is 0 Å². The summed E-state index contributed by atoms with van der Waals surface area (Å²) in [5.41, 5.74) is 0. The molecule has 0 aromatic rings. The Hall–Kier alpha value is 0.310. The van der Waals surface area contributed by atoms with E-state index in [1.807, 2.05) is 0 Å². The van der Waals surface area contributed by atoms with E-state index in [9.17, 15) is 0 Å². The van der Waals surface area contributed by atoms with Gasteiger partial charge in [0.1, 0.15) is 0 Å². The molecule has 0 saturated carbocycles. The molecule has 0 bridgehead atoms. The lowest BCUT2D eigenvalue weighted by Crippen LogP contribution is -2.33. The van der Waals surface area contributed by atoms with Crippen molar-refractivity contribution in [3.05, 3.63) is 0 Å². The first kappa shape index (κ1) is 8.41. The van der Waals surface area contributed by atoms with Crippen LogP contribution in [0.4, 0.5) is 0 Å². The molecule has 60 valence electrons. The fourth-order valence-corrected chi connectivity index (χ4v) is 2.48. The number of rotatable bonds is 4. The van der Waals surface area contributed by atoms with Crippen molar-refractivity contribution in [1.82, 2.24) is 5.32 Å². The first-order valence-corrected chi connectivity index (χ1v) is 5.26. The van der Waals surface area contributed by atoms with Crippen LogP contribution in [0.3, 0.4) is 0 Å². The zero-order valence-corrected chi connectivity index (χ0v) is 7.71. The Morgan fingerprint density at radius 2 is 2.30 bits per heavy atom. The monoisotopic (exact) mass is 159 g/mol. The van der Waals surface area contributed by atoms with Crippen molar-refractivity contribution in [3.8, 4) is 0 Å². The van der Waals surface area contributed by atoms with Gasteiger partial charge in [0.15, 0.2) is 0 Å². The Labute approximate surface area is 68.0 Å².